The zero-order valence-electron chi connectivity index (χ0n) is 11.6. The average molecular weight is 274 g/mol. The van der Waals surface area contributed by atoms with Crippen LogP contribution in [-0.4, -0.2) is 22.6 Å². The summed E-state index contributed by atoms with van der Waals surface area (Å²) in [6.07, 6.45) is 0.878. The van der Waals surface area contributed by atoms with Crippen molar-refractivity contribution >= 4 is 5.91 Å². The SMILES string of the molecule is Cc1ccc(C(C)NC(=O)c2n[nH]c3c2CNCC3)o1. The summed E-state index contributed by atoms with van der Waals surface area (Å²) in [5, 5.41) is 13.3. The van der Waals surface area contributed by atoms with Crippen LogP contribution in [0.5, 0.6) is 0 Å². The maximum absolute atomic E-state index is 12.3. The molecule has 0 aromatic carbocycles. The molecule has 2 aromatic heterocycles. The smallest absolute Gasteiger partial charge is 0.272 e. The van der Waals surface area contributed by atoms with Crippen LogP contribution in [0.3, 0.4) is 0 Å². The number of amides is 1. The van der Waals surface area contributed by atoms with Crippen LogP contribution in [0.25, 0.3) is 0 Å². The minimum absolute atomic E-state index is 0.173. The Hall–Kier alpha value is -2.08. The number of aromatic amines is 1. The average Bonchev–Trinajstić information content (AvgIpc) is 3.04. The molecule has 3 rings (SSSR count). The third-order valence-corrected chi connectivity index (χ3v) is 3.56. The minimum atomic E-state index is -0.180. The first-order valence-electron chi connectivity index (χ1n) is 6.79. The lowest BCUT2D eigenvalue weighted by atomic mass is 10.1. The number of aryl methyl sites for hydroxylation is 1. The largest absolute Gasteiger partial charge is 0.464 e. The first kappa shape index (κ1) is 12.9. The van der Waals surface area contributed by atoms with Crippen LogP contribution in [0, 0.1) is 6.92 Å². The Labute approximate surface area is 116 Å². The Balaban J connectivity index is 1.75. The molecule has 2 aromatic rings. The molecule has 3 N–H and O–H groups in total. The van der Waals surface area contributed by atoms with Gasteiger partial charge in [0.2, 0.25) is 0 Å². The van der Waals surface area contributed by atoms with Gasteiger partial charge in [0, 0.05) is 30.8 Å². The second-order valence-electron chi connectivity index (χ2n) is 5.10. The van der Waals surface area contributed by atoms with Crippen LogP contribution < -0.4 is 10.6 Å². The van der Waals surface area contributed by atoms with E-state index in [0.717, 1.165) is 35.7 Å². The van der Waals surface area contributed by atoms with E-state index >= 15 is 0 Å². The zero-order chi connectivity index (χ0) is 14.1. The Bertz CT molecular complexity index is 629. The number of furan rings is 1. The summed E-state index contributed by atoms with van der Waals surface area (Å²) in [5.74, 6) is 1.41. The number of H-pyrrole nitrogens is 1. The van der Waals surface area contributed by atoms with Crippen molar-refractivity contribution < 1.29 is 9.21 Å². The van der Waals surface area contributed by atoms with Crippen LogP contribution in [-0.2, 0) is 13.0 Å². The van der Waals surface area contributed by atoms with E-state index in [9.17, 15) is 4.79 Å². The fraction of sp³-hybridized carbons (Fsp3) is 0.429. The molecule has 1 unspecified atom stereocenters. The molecule has 0 saturated heterocycles. The minimum Gasteiger partial charge on any atom is -0.464 e. The van der Waals surface area contributed by atoms with Crippen molar-refractivity contribution in [2.45, 2.75) is 32.9 Å². The third-order valence-electron chi connectivity index (χ3n) is 3.56. The molecule has 0 bridgehead atoms. The molecule has 1 aliphatic rings. The fourth-order valence-corrected chi connectivity index (χ4v) is 2.44. The number of hydrogen-bond donors (Lipinski definition) is 3. The first-order valence-corrected chi connectivity index (χ1v) is 6.79. The number of fused-ring (bicyclic) bond motifs is 1. The van der Waals surface area contributed by atoms with Gasteiger partial charge in [-0.2, -0.15) is 5.10 Å². The summed E-state index contributed by atoms with van der Waals surface area (Å²) in [6.45, 7) is 5.38. The van der Waals surface area contributed by atoms with Gasteiger partial charge in [-0.15, -0.1) is 0 Å². The van der Waals surface area contributed by atoms with Gasteiger partial charge in [-0.3, -0.25) is 9.89 Å². The van der Waals surface area contributed by atoms with Crippen LogP contribution in [0.2, 0.25) is 0 Å². The van der Waals surface area contributed by atoms with Crippen molar-refractivity contribution in [3.05, 3.63) is 40.6 Å². The summed E-state index contributed by atoms with van der Waals surface area (Å²) >= 11 is 0. The van der Waals surface area contributed by atoms with E-state index in [0.29, 0.717) is 12.2 Å². The van der Waals surface area contributed by atoms with Gasteiger partial charge in [-0.05, 0) is 26.0 Å². The lowest BCUT2D eigenvalue weighted by Gasteiger charge is -2.14. The van der Waals surface area contributed by atoms with E-state index in [1.807, 2.05) is 26.0 Å². The standard InChI is InChI=1S/C14H18N4O2/c1-8-3-4-12(20-8)9(2)16-14(19)13-10-7-15-6-5-11(10)17-18-13/h3-4,9,15H,5-7H2,1-2H3,(H,16,19)(H,17,18). The molecular weight excluding hydrogens is 256 g/mol. The van der Waals surface area contributed by atoms with Crippen LogP contribution in [0.1, 0.15) is 46.2 Å². The van der Waals surface area contributed by atoms with Gasteiger partial charge in [0.15, 0.2) is 5.69 Å². The van der Waals surface area contributed by atoms with Gasteiger partial charge in [-0.25, -0.2) is 0 Å². The first-order chi connectivity index (χ1) is 9.65. The molecule has 6 nitrogen and oxygen atoms in total. The van der Waals surface area contributed by atoms with E-state index in [1.54, 1.807) is 0 Å². The highest BCUT2D eigenvalue weighted by Crippen LogP contribution is 2.18. The Morgan fingerprint density at radius 3 is 3.10 bits per heavy atom. The van der Waals surface area contributed by atoms with E-state index in [1.165, 1.54) is 0 Å². The molecular formula is C14H18N4O2. The van der Waals surface area contributed by atoms with Crippen LogP contribution >= 0.6 is 0 Å². The highest BCUT2D eigenvalue weighted by molar-refractivity contribution is 5.94. The van der Waals surface area contributed by atoms with Crippen molar-refractivity contribution in [3.8, 4) is 0 Å². The van der Waals surface area contributed by atoms with Crippen molar-refractivity contribution in [1.82, 2.24) is 20.8 Å². The molecule has 106 valence electrons. The number of nitrogens with one attached hydrogen (secondary N) is 3. The quantitative estimate of drug-likeness (QED) is 0.791. The molecule has 0 radical (unpaired) electrons. The summed E-state index contributed by atoms with van der Waals surface area (Å²) in [5.41, 5.74) is 2.49. The molecule has 20 heavy (non-hydrogen) atoms. The lowest BCUT2D eigenvalue weighted by molar-refractivity contribution is 0.0929. The predicted molar refractivity (Wildman–Crippen MR) is 73.3 cm³/mol. The van der Waals surface area contributed by atoms with Crippen molar-refractivity contribution in [2.24, 2.45) is 0 Å². The van der Waals surface area contributed by atoms with Gasteiger partial charge >= 0.3 is 0 Å². The summed E-state index contributed by atoms with van der Waals surface area (Å²) in [6, 6.07) is 3.58. The topological polar surface area (TPSA) is 83.0 Å². The molecule has 1 aliphatic heterocycles. The number of rotatable bonds is 3. The van der Waals surface area contributed by atoms with Gasteiger partial charge in [0.05, 0.1) is 6.04 Å². The summed E-state index contributed by atoms with van der Waals surface area (Å²) in [7, 11) is 0. The maximum atomic E-state index is 12.3. The molecule has 0 aliphatic carbocycles. The molecule has 6 heteroatoms. The Kier molecular flexibility index (Phi) is 3.31. The zero-order valence-corrected chi connectivity index (χ0v) is 11.6. The molecule has 0 spiro atoms. The second-order valence-corrected chi connectivity index (χ2v) is 5.10. The molecule has 1 amide bonds. The molecule has 3 heterocycles. The van der Waals surface area contributed by atoms with Crippen molar-refractivity contribution in [1.29, 1.82) is 0 Å². The number of carbonyl (C=O) groups excluding carboxylic acids is 1. The number of carbonyl (C=O) groups is 1. The van der Waals surface area contributed by atoms with E-state index < -0.39 is 0 Å². The van der Waals surface area contributed by atoms with E-state index in [2.05, 4.69) is 20.8 Å². The normalized spacial score (nSPS) is 15.7. The second kappa shape index (κ2) is 5.13. The van der Waals surface area contributed by atoms with Gasteiger partial charge in [0.25, 0.3) is 5.91 Å². The predicted octanol–water partition coefficient (Wildman–Crippen LogP) is 1.45. The number of hydrogen-bond acceptors (Lipinski definition) is 4. The van der Waals surface area contributed by atoms with E-state index in [-0.39, 0.29) is 11.9 Å². The molecule has 1 atom stereocenters. The Morgan fingerprint density at radius 2 is 2.35 bits per heavy atom. The third kappa shape index (κ3) is 2.34. The van der Waals surface area contributed by atoms with Crippen LogP contribution in [0.4, 0.5) is 0 Å². The van der Waals surface area contributed by atoms with Gasteiger partial charge < -0.3 is 15.1 Å². The van der Waals surface area contributed by atoms with Gasteiger partial charge in [0.1, 0.15) is 11.5 Å². The summed E-state index contributed by atoms with van der Waals surface area (Å²) < 4.78 is 5.52. The molecule has 0 fully saturated rings. The van der Waals surface area contributed by atoms with E-state index in [4.69, 9.17) is 4.42 Å². The number of aromatic nitrogens is 2. The van der Waals surface area contributed by atoms with Crippen LogP contribution in [0.15, 0.2) is 16.5 Å². The lowest BCUT2D eigenvalue weighted by Crippen LogP contribution is -2.30. The van der Waals surface area contributed by atoms with Crippen molar-refractivity contribution in [3.63, 3.8) is 0 Å². The Morgan fingerprint density at radius 1 is 1.50 bits per heavy atom. The monoisotopic (exact) mass is 274 g/mol. The maximum Gasteiger partial charge on any atom is 0.272 e. The highest BCUT2D eigenvalue weighted by Gasteiger charge is 2.23. The van der Waals surface area contributed by atoms with Crippen molar-refractivity contribution in [2.75, 3.05) is 6.54 Å². The fourth-order valence-electron chi connectivity index (χ4n) is 2.44. The summed E-state index contributed by atoms with van der Waals surface area (Å²) in [4.78, 5) is 12.3. The number of nitrogens with zero attached hydrogens (tertiary/aromatic N) is 1. The molecule has 0 saturated carbocycles. The highest BCUT2D eigenvalue weighted by atomic mass is 16.3. The van der Waals surface area contributed by atoms with Gasteiger partial charge in [-0.1, -0.05) is 0 Å².